The molecule has 2 N–H and O–H groups in total. The number of nitrogens with one attached hydrogen (secondary N) is 2. The molecule has 1 heterocycles. The first-order valence-corrected chi connectivity index (χ1v) is 4.51. The molecule has 13 heavy (non-hydrogen) atoms. The third-order valence-corrected chi connectivity index (χ3v) is 1.99. The molecule has 0 saturated heterocycles. The lowest BCUT2D eigenvalue weighted by atomic mass is 10.5. The van der Waals surface area contributed by atoms with Gasteiger partial charge in [-0.15, -0.1) is 0 Å². The van der Waals surface area contributed by atoms with E-state index in [1.165, 1.54) is 12.8 Å². The fraction of sp³-hybridized carbons (Fsp3) is 0.444. The van der Waals surface area contributed by atoms with Crippen LogP contribution in [-0.2, 0) is 4.79 Å². The van der Waals surface area contributed by atoms with E-state index in [-0.39, 0.29) is 5.91 Å². The molecule has 0 spiro atoms. The highest BCUT2D eigenvalue weighted by Crippen LogP contribution is 2.17. The Labute approximate surface area is 76.9 Å². The fourth-order valence-electron chi connectivity index (χ4n) is 1.12. The van der Waals surface area contributed by atoms with Gasteiger partial charge in [0.2, 0.25) is 0 Å². The van der Waals surface area contributed by atoms with Crippen molar-refractivity contribution in [1.29, 1.82) is 0 Å². The molecule has 1 saturated carbocycles. The number of aromatic nitrogens is 1. The van der Waals surface area contributed by atoms with Gasteiger partial charge in [-0.05, 0) is 25.0 Å². The quantitative estimate of drug-likeness (QED) is 0.698. The fourth-order valence-corrected chi connectivity index (χ4v) is 1.12. The Morgan fingerprint density at radius 2 is 2.08 bits per heavy atom. The van der Waals surface area contributed by atoms with Crippen molar-refractivity contribution in [3.05, 3.63) is 24.5 Å². The molecule has 0 unspecified atom stereocenters. The summed E-state index contributed by atoms with van der Waals surface area (Å²) in [6.45, 7) is 0.406. The van der Waals surface area contributed by atoms with E-state index in [4.69, 9.17) is 0 Å². The first kappa shape index (κ1) is 8.31. The van der Waals surface area contributed by atoms with Gasteiger partial charge in [-0.25, -0.2) is 0 Å². The van der Waals surface area contributed by atoms with E-state index < -0.39 is 0 Å². The lowest BCUT2D eigenvalue weighted by molar-refractivity contribution is -0.116. The van der Waals surface area contributed by atoms with Crippen molar-refractivity contribution < 1.29 is 4.79 Å². The molecule has 1 amide bonds. The van der Waals surface area contributed by atoms with Gasteiger partial charge in [0.15, 0.2) is 0 Å². The van der Waals surface area contributed by atoms with Gasteiger partial charge in [-0.2, -0.15) is 0 Å². The van der Waals surface area contributed by atoms with Gasteiger partial charge < -0.3 is 5.32 Å². The van der Waals surface area contributed by atoms with Crippen molar-refractivity contribution in [3.8, 4) is 0 Å². The predicted molar refractivity (Wildman–Crippen MR) is 49.8 cm³/mol. The molecular weight excluding hydrogens is 166 g/mol. The van der Waals surface area contributed by atoms with Crippen molar-refractivity contribution in [2.75, 3.05) is 12.0 Å². The highest BCUT2D eigenvalue weighted by atomic mass is 16.2. The summed E-state index contributed by atoms with van der Waals surface area (Å²) in [6, 6.07) is 4.32. The zero-order valence-electron chi connectivity index (χ0n) is 7.36. The van der Waals surface area contributed by atoms with Crippen molar-refractivity contribution in [2.24, 2.45) is 0 Å². The third kappa shape index (κ3) is 2.59. The highest BCUT2D eigenvalue weighted by Gasteiger charge is 2.20. The number of amides is 1. The Kier molecular flexibility index (Phi) is 2.31. The number of hydrogen-bond acceptors (Lipinski definition) is 2. The predicted octanol–water partition coefficient (Wildman–Crippen LogP) is 0.310. The van der Waals surface area contributed by atoms with Gasteiger partial charge in [0.25, 0.3) is 5.91 Å². The first-order chi connectivity index (χ1) is 6.34. The average Bonchev–Trinajstić information content (AvgIpc) is 2.82. The summed E-state index contributed by atoms with van der Waals surface area (Å²) in [5.74, 6) is 0.00287. The zero-order valence-corrected chi connectivity index (χ0v) is 7.36. The largest absolute Gasteiger partial charge is 0.306 e. The van der Waals surface area contributed by atoms with E-state index in [1.54, 1.807) is 17.1 Å². The van der Waals surface area contributed by atoms with Crippen LogP contribution >= 0.6 is 0 Å². The van der Waals surface area contributed by atoms with Crippen molar-refractivity contribution in [3.63, 3.8) is 0 Å². The maximum absolute atomic E-state index is 11.2. The highest BCUT2D eigenvalue weighted by molar-refractivity contribution is 5.85. The monoisotopic (exact) mass is 179 g/mol. The van der Waals surface area contributed by atoms with E-state index in [9.17, 15) is 4.79 Å². The summed E-state index contributed by atoms with van der Waals surface area (Å²) in [5.41, 5.74) is 2.72. The molecule has 4 heteroatoms. The van der Waals surface area contributed by atoms with Gasteiger partial charge in [-0.1, -0.05) is 0 Å². The third-order valence-electron chi connectivity index (χ3n) is 1.99. The molecule has 0 bridgehead atoms. The van der Waals surface area contributed by atoms with Crippen LogP contribution in [0, 0.1) is 0 Å². The number of carbonyl (C=O) groups is 1. The molecule has 1 aliphatic carbocycles. The average molecular weight is 179 g/mol. The first-order valence-electron chi connectivity index (χ1n) is 4.51. The second-order valence-corrected chi connectivity index (χ2v) is 3.28. The van der Waals surface area contributed by atoms with Crippen molar-refractivity contribution in [2.45, 2.75) is 18.9 Å². The minimum Gasteiger partial charge on any atom is -0.306 e. The second kappa shape index (κ2) is 3.62. The van der Waals surface area contributed by atoms with Gasteiger partial charge in [0, 0.05) is 18.4 Å². The SMILES string of the molecule is O=C(CNC1CC1)Nn1cccc1. The molecule has 4 nitrogen and oxygen atoms in total. The number of nitrogens with zero attached hydrogens (tertiary/aromatic N) is 1. The Morgan fingerprint density at radius 3 is 2.69 bits per heavy atom. The van der Waals surface area contributed by atoms with E-state index in [1.807, 2.05) is 12.1 Å². The minimum atomic E-state index is 0.00287. The lowest BCUT2D eigenvalue weighted by Crippen LogP contribution is -2.33. The van der Waals surface area contributed by atoms with Crippen molar-refractivity contribution in [1.82, 2.24) is 9.99 Å². The summed E-state index contributed by atoms with van der Waals surface area (Å²) < 4.78 is 1.65. The number of rotatable bonds is 4. The van der Waals surface area contributed by atoms with Crippen molar-refractivity contribution >= 4 is 5.91 Å². The van der Waals surface area contributed by atoms with Crippen LogP contribution in [0.5, 0.6) is 0 Å². The molecule has 70 valence electrons. The summed E-state index contributed by atoms with van der Waals surface area (Å²) in [6.07, 6.45) is 6.01. The van der Waals surface area contributed by atoms with Crippen LogP contribution in [-0.4, -0.2) is 23.2 Å². The molecule has 1 fully saturated rings. The summed E-state index contributed by atoms with van der Waals surface area (Å²) in [7, 11) is 0. The smallest absolute Gasteiger partial charge is 0.252 e. The molecule has 0 aliphatic heterocycles. The molecule has 2 rings (SSSR count). The maximum atomic E-state index is 11.2. The van der Waals surface area contributed by atoms with E-state index in [0.29, 0.717) is 12.6 Å². The second-order valence-electron chi connectivity index (χ2n) is 3.28. The maximum Gasteiger partial charge on any atom is 0.252 e. The lowest BCUT2D eigenvalue weighted by Gasteiger charge is -2.05. The molecule has 0 aromatic carbocycles. The molecule has 0 radical (unpaired) electrons. The molecule has 1 aromatic rings. The van der Waals surface area contributed by atoms with Crippen LogP contribution in [0.2, 0.25) is 0 Å². The van der Waals surface area contributed by atoms with Crippen LogP contribution < -0.4 is 10.7 Å². The van der Waals surface area contributed by atoms with Crippen LogP contribution in [0.1, 0.15) is 12.8 Å². The van der Waals surface area contributed by atoms with Gasteiger partial charge in [-0.3, -0.25) is 14.9 Å². The summed E-state index contributed by atoms with van der Waals surface area (Å²) in [4.78, 5) is 11.2. The van der Waals surface area contributed by atoms with E-state index in [0.717, 1.165) is 0 Å². The minimum absolute atomic E-state index is 0.00287. The molecule has 1 aliphatic rings. The molecule has 0 atom stereocenters. The summed E-state index contributed by atoms with van der Waals surface area (Å²) >= 11 is 0. The number of carbonyl (C=O) groups excluding carboxylic acids is 1. The normalized spacial score (nSPS) is 15.7. The van der Waals surface area contributed by atoms with Gasteiger partial charge in [0.1, 0.15) is 0 Å². The van der Waals surface area contributed by atoms with E-state index >= 15 is 0 Å². The standard InChI is InChI=1S/C9H13N3O/c13-9(7-10-8-3-4-8)11-12-5-1-2-6-12/h1-2,5-6,8,10H,3-4,7H2,(H,11,13). The Morgan fingerprint density at radius 1 is 1.38 bits per heavy atom. The van der Waals surface area contributed by atoms with Crippen LogP contribution in [0.3, 0.4) is 0 Å². The molecule has 1 aromatic heterocycles. The topological polar surface area (TPSA) is 46.1 Å². The van der Waals surface area contributed by atoms with Gasteiger partial charge in [0.05, 0.1) is 6.54 Å². The van der Waals surface area contributed by atoms with E-state index in [2.05, 4.69) is 10.7 Å². The number of hydrogen-bond donors (Lipinski definition) is 2. The van der Waals surface area contributed by atoms with Crippen LogP contribution in [0.15, 0.2) is 24.5 Å². The zero-order chi connectivity index (χ0) is 9.10. The van der Waals surface area contributed by atoms with Gasteiger partial charge >= 0.3 is 0 Å². The Bertz CT molecular complexity index is 277. The Hall–Kier alpha value is -1.29. The Balaban J connectivity index is 1.71. The van der Waals surface area contributed by atoms with Crippen LogP contribution in [0.25, 0.3) is 0 Å². The summed E-state index contributed by atoms with van der Waals surface area (Å²) in [5, 5.41) is 3.14. The van der Waals surface area contributed by atoms with Crippen LogP contribution in [0.4, 0.5) is 0 Å². The molecular formula is C9H13N3O.